The lowest BCUT2D eigenvalue weighted by Gasteiger charge is -2.30. The van der Waals surface area contributed by atoms with E-state index in [-0.39, 0.29) is 0 Å². The normalized spacial score (nSPS) is 22.8. The molecule has 1 nitrogen and oxygen atoms in total. The topological polar surface area (TPSA) is 12.0 Å². The van der Waals surface area contributed by atoms with Crippen molar-refractivity contribution in [1.82, 2.24) is 5.32 Å². The molecular weight excluding hydrogens is 194 g/mol. The molecule has 0 amide bonds. The molecule has 0 spiro atoms. The lowest BCUT2D eigenvalue weighted by molar-refractivity contribution is 0.260. The van der Waals surface area contributed by atoms with Gasteiger partial charge in [-0.25, -0.2) is 0 Å². The maximum atomic E-state index is 3.81. The first-order valence-electron chi connectivity index (χ1n) is 6.73. The average molecular weight is 215 g/mol. The fourth-order valence-electron chi connectivity index (χ4n) is 2.58. The van der Waals surface area contributed by atoms with Gasteiger partial charge in [-0.2, -0.15) is 0 Å². The molecule has 0 bridgehead atoms. The van der Waals surface area contributed by atoms with Gasteiger partial charge < -0.3 is 5.32 Å². The van der Waals surface area contributed by atoms with E-state index in [1.54, 1.807) is 0 Å². The second-order valence-electron chi connectivity index (χ2n) is 5.44. The van der Waals surface area contributed by atoms with E-state index in [2.05, 4.69) is 35.6 Å². The summed E-state index contributed by atoms with van der Waals surface area (Å²) in [5.41, 5.74) is 1.49. The second kappa shape index (κ2) is 4.58. The minimum Gasteiger partial charge on any atom is -0.307 e. The Labute approximate surface area is 98.3 Å². The van der Waals surface area contributed by atoms with E-state index in [0.717, 1.165) is 12.0 Å². The molecule has 2 saturated carbocycles. The first-order chi connectivity index (χ1) is 7.92. The third-order valence-corrected chi connectivity index (χ3v) is 4.01. The molecule has 0 heterocycles. The molecule has 1 atom stereocenters. The standard InChI is InChI=1S/C15H21N/c1-2-7-13(8-3-1)15(16-14-9-10-14)11-12-5-4-6-12/h1-3,7-8,12,14-16H,4-6,9-11H2. The van der Waals surface area contributed by atoms with Crippen molar-refractivity contribution < 1.29 is 0 Å². The van der Waals surface area contributed by atoms with E-state index in [4.69, 9.17) is 0 Å². The van der Waals surface area contributed by atoms with Crippen molar-refractivity contribution in [2.24, 2.45) is 5.92 Å². The van der Waals surface area contributed by atoms with E-state index in [1.807, 2.05) is 0 Å². The molecule has 86 valence electrons. The Bertz CT molecular complexity index is 325. The summed E-state index contributed by atoms with van der Waals surface area (Å²) in [5.74, 6) is 0.983. The number of benzene rings is 1. The Hall–Kier alpha value is -0.820. The summed E-state index contributed by atoms with van der Waals surface area (Å²) in [5, 5.41) is 3.81. The number of hydrogen-bond acceptors (Lipinski definition) is 1. The summed E-state index contributed by atoms with van der Waals surface area (Å²) in [4.78, 5) is 0. The molecule has 0 aliphatic heterocycles. The number of nitrogens with one attached hydrogen (secondary N) is 1. The lowest BCUT2D eigenvalue weighted by Crippen LogP contribution is -2.27. The van der Waals surface area contributed by atoms with E-state index in [1.165, 1.54) is 44.1 Å². The summed E-state index contributed by atoms with van der Waals surface area (Å²) in [6.45, 7) is 0. The fraction of sp³-hybridized carbons (Fsp3) is 0.600. The predicted molar refractivity (Wildman–Crippen MR) is 67.3 cm³/mol. The molecule has 0 radical (unpaired) electrons. The van der Waals surface area contributed by atoms with Crippen LogP contribution in [0.3, 0.4) is 0 Å². The third kappa shape index (κ3) is 2.46. The third-order valence-electron chi connectivity index (χ3n) is 4.01. The second-order valence-corrected chi connectivity index (χ2v) is 5.44. The maximum absolute atomic E-state index is 3.81. The zero-order valence-corrected chi connectivity index (χ0v) is 9.86. The maximum Gasteiger partial charge on any atom is 0.0325 e. The average Bonchev–Trinajstić information content (AvgIpc) is 3.06. The van der Waals surface area contributed by atoms with E-state index < -0.39 is 0 Å². The molecule has 16 heavy (non-hydrogen) atoms. The minimum atomic E-state index is 0.610. The van der Waals surface area contributed by atoms with Crippen molar-refractivity contribution in [2.45, 2.75) is 50.6 Å². The van der Waals surface area contributed by atoms with Gasteiger partial charge in [0.2, 0.25) is 0 Å². The minimum absolute atomic E-state index is 0.610. The molecule has 1 aromatic rings. The van der Waals surface area contributed by atoms with Gasteiger partial charge in [0, 0.05) is 12.1 Å². The Morgan fingerprint density at radius 2 is 1.81 bits per heavy atom. The first kappa shape index (κ1) is 10.3. The Morgan fingerprint density at radius 3 is 2.38 bits per heavy atom. The largest absolute Gasteiger partial charge is 0.307 e. The van der Waals surface area contributed by atoms with Crippen molar-refractivity contribution in [3.05, 3.63) is 35.9 Å². The highest BCUT2D eigenvalue weighted by Crippen LogP contribution is 2.36. The SMILES string of the molecule is c1ccc(C(CC2CCC2)NC2CC2)cc1. The summed E-state index contributed by atoms with van der Waals surface area (Å²) in [7, 11) is 0. The van der Waals surface area contributed by atoms with Crippen LogP contribution < -0.4 is 5.32 Å². The van der Waals surface area contributed by atoms with Gasteiger partial charge in [0.05, 0.1) is 0 Å². The Morgan fingerprint density at radius 1 is 1.06 bits per heavy atom. The molecular formula is C15H21N. The van der Waals surface area contributed by atoms with Crippen LogP contribution in [0.2, 0.25) is 0 Å². The highest BCUT2D eigenvalue weighted by molar-refractivity contribution is 5.19. The predicted octanol–water partition coefficient (Wildman–Crippen LogP) is 3.67. The van der Waals surface area contributed by atoms with Gasteiger partial charge in [-0.15, -0.1) is 0 Å². The number of rotatable bonds is 5. The van der Waals surface area contributed by atoms with Crippen molar-refractivity contribution in [3.63, 3.8) is 0 Å². The molecule has 2 fully saturated rings. The fourth-order valence-corrected chi connectivity index (χ4v) is 2.58. The molecule has 3 rings (SSSR count). The Balaban J connectivity index is 1.67. The molecule has 0 aromatic heterocycles. The number of hydrogen-bond donors (Lipinski definition) is 1. The van der Waals surface area contributed by atoms with Crippen LogP contribution in [0.15, 0.2) is 30.3 Å². The van der Waals surface area contributed by atoms with Crippen molar-refractivity contribution in [3.8, 4) is 0 Å². The van der Waals surface area contributed by atoms with Crippen LogP contribution in [-0.4, -0.2) is 6.04 Å². The zero-order valence-electron chi connectivity index (χ0n) is 9.86. The van der Waals surface area contributed by atoms with Gasteiger partial charge >= 0.3 is 0 Å². The molecule has 2 aliphatic rings. The monoisotopic (exact) mass is 215 g/mol. The van der Waals surface area contributed by atoms with Crippen LogP contribution >= 0.6 is 0 Å². The van der Waals surface area contributed by atoms with Gasteiger partial charge in [-0.05, 0) is 30.7 Å². The van der Waals surface area contributed by atoms with E-state index in [9.17, 15) is 0 Å². The van der Waals surface area contributed by atoms with Crippen LogP contribution in [-0.2, 0) is 0 Å². The molecule has 1 unspecified atom stereocenters. The summed E-state index contributed by atoms with van der Waals surface area (Å²) < 4.78 is 0. The summed E-state index contributed by atoms with van der Waals surface area (Å²) in [6.07, 6.45) is 8.48. The van der Waals surface area contributed by atoms with E-state index >= 15 is 0 Å². The van der Waals surface area contributed by atoms with Gasteiger partial charge in [0.15, 0.2) is 0 Å². The molecule has 1 heteroatoms. The summed E-state index contributed by atoms with van der Waals surface area (Å²) >= 11 is 0. The Kier molecular flexibility index (Phi) is 2.96. The lowest BCUT2D eigenvalue weighted by atomic mass is 9.79. The van der Waals surface area contributed by atoms with Crippen molar-refractivity contribution >= 4 is 0 Å². The highest BCUT2D eigenvalue weighted by atomic mass is 15.0. The van der Waals surface area contributed by atoms with E-state index in [0.29, 0.717) is 6.04 Å². The van der Waals surface area contributed by atoms with Gasteiger partial charge in [0.25, 0.3) is 0 Å². The molecule has 2 aliphatic carbocycles. The molecule has 1 aromatic carbocycles. The van der Waals surface area contributed by atoms with Gasteiger partial charge in [-0.1, -0.05) is 49.6 Å². The highest BCUT2D eigenvalue weighted by Gasteiger charge is 2.28. The van der Waals surface area contributed by atoms with Crippen molar-refractivity contribution in [1.29, 1.82) is 0 Å². The van der Waals surface area contributed by atoms with Crippen LogP contribution in [0.25, 0.3) is 0 Å². The quantitative estimate of drug-likeness (QED) is 0.790. The van der Waals surface area contributed by atoms with Crippen LogP contribution in [0.4, 0.5) is 0 Å². The van der Waals surface area contributed by atoms with Crippen LogP contribution in [0, 0.1) is 5.92 Å². The summed E-state index contributed by atoms with van der Waals surface area (Å²) in [6, 6.07) is 12.4. The smallest absolute Gasteiger partial charge is 0.0325 e. The molecule has 0 saturated heterocycles. The van der Waals surface area contributed by atoms with Gasteiger partial charge in [-0.3, -0.25) is 0 Å². The zero-order chi connectivity index (χ0) is 10.8. The van der Waals surface area contributed by atoms with Crippen LogP contribution in [0.5, 0.6) is 0 Å². The van der Waals surface area contributed by atoms with Crippen LogP contribution in [0.1, 0.15) is 50.1 Å². The first-order valence-corrected chi connectivity index (χ1v) is 6.73. The van der Waals surface area contributed by atoms with Crippen molar-refractivity contribution in [2.75, 3.05) is 0 Å². The molecule has 1 N–H and O–H groups in total. The van der Waals surface area contributed by atoms with Gasteiger partial charge in [0.1, 0.15) is 0 Å².